The van der Waals surface area contributed by atoms with Crippen LogP contribution in [0.1, 0.15) is 185 Å². The number of nitrogens with one attached hydrogen (secondary N) is 10. The van der Waals surface area contributed by atoms with E-state index >= 15 is 38.4 Å². The fourth-order valence-electron chi connectivity index (χ4n) is 13.7. The van der Waals surface area contributed by atoms with Gasteiger partial charge in [0.15, 0.2) is 0 Å². The maximum absolute atomic E-state index is 15.8. The summed E-state index contributed by atoms with van der Waals surface area (Å²) in [6.45, 7) is 30.7. The molecule has 31 nitrogen and oxygen atoms in total. The van der Waals surface area contributed by atoms with Crippen LogP contribution in [-0.2, 0) is 109 Å². The topological polar surface area (TPSA) is 444 Å². The van der Waals surface area contributed by atoms with E-state index in [1.807, 2.05) is 104 Å². The Kier molecular flexibility index (Phi) is 37.4. The molecule has 2 fully saturated rings. The zero-order valence-electron chi connectivity index (χ0n) is 75.2. The predicted molar refractivity (Wildman–Crippen MR) is 480 cm³/mol. The van der Waals surface area contributed by atoms with Crippen LogP contribution in [0.4, 0.5) is 0 Å². The molecule has 1 unspecified atom stereocenters. The molecule has 5 aromatic rings. The van der Waals surface area contributed by atoms with Crippen molar-refractivity contribution in [3.05, 3.63) is 155 Å². The summed E-state index contributed by atoms with van der Waals surface area (Å²) in [5, 5.41) is 27.4. The largest absolute Gasteiger partial charge is 0.488 e. The lowest BCUT2D eigenvalue weighted by molar-refractivity contribution is -0.157. The maximum Gasteiger partial charge on any atom is 0.308 e. The van der Waals surface area contributed by atoms with E-state index in [1.54, 1.807) is 141 Å². The van der Waals surface area contributed by atoms with Crippen LogP contribution in [0.3, 0.4) is 0 Å². The second kappa shape index (κ2) is 46.0. The lowest BCUT2D eigenvalue weighted by Crippen LogP contribution is -2.61. The number of ether oxygens (including phenoxy) is 5. The number of carbonyl (C=O) groups excluding carboxylic acids is 13. The second-order valence-electron chi connectivity index (χ2n) is 36.8. The van der Waals surface area contributed by atoms with Crippen LogP contribution >= 0.6 is 21.6 Å². The molecular formula is C92H129N13O18S2. The Bertz CT molecular complexity index is 4520. The fraction of sp³-hybridized carbons (Fsp3) is 0.533. The number of amides is 11. The Morgan fingerprint density at radius 2 is 1.06 bits per heavy atom. The molecule has 7 rings (SSSR count). The Morgan fingerprint density at radius 3 is 1.62 bits per heavy atom. The first-order chi connectivity index (χ1) is 58.5. The molecule has 11 atom stereocenters. The summed E-state index contributed by atoms with van der Waals surface area (Å²) in [4.78, 5) is 196. The molecule has 2 aliphatic rings. The lowest BCUT2D eigenvalue weighted by atomic mass is 9.99. The number of likely N-dealkylation sites (tertiary alicyclic amines) is 1. The van der Waals surface area contributed by atoms with Gasteiger partial charge in [-0.1, -0.05) is 139 Å². The smallest absolute Gasteiger partial charge is 0.308 e. The number of nitrogens with zero attached hydrogens (tertiary/aromatic N) is 1. The molecule has 2 aliphatic heterocycles. The number of rotatable bonds is 28. The molecule has 2 heterocycles. The standard InChI is InChI=1S/C92H129N13O18S2/c1-54(2)42-65(94)87(118)105-41-23-28-73(105)85(116)102-71-52-124-125-53-72(84(115)99-68(45-56-29-35-62(36-30-56)61-26-20-19-21-27-61)81(112)100-69(47-75(107)122-91(13,14)15)79(110)95-50-60-25-22-24-59(43-60)49-93)103-86(117)77(55(3)119-88(4,5)6)104-74(106)51-96-78(109)66(44-57-31-37-63(38-32-57)120-89(7,8)9)97-80(111)67(46-58-33-39-64(40-34-58)121-90(10,11)12)98-82(113)70(101-83(71)114)48-76(108)123-92(16,17)18/h19-22,24-27,29-40,43,54-55,65-73,77H,23,28,41-42,44-53,93-94H2,1-18H3,(H,95,110)(H,96,109)(H,97,111)(H,98,113)(H,99,115)(H,100,112)(H,101,114)(H,102,116)(H,103,117)(H,104,106)/t55?,65-,66-,67-,68-,69-,70-,71-,72-,73-,77-/m0/s1. The third kappa shape index (κ3) is 35.4. The summed E-state index contributed by atoms with van der Waals surface area (Å²) in [7, 11) is 1.77. The number of hydrogen-bond donors (Lipinski definition) is 12. The average molecular weight is 1770 g/mol. The molecule has 0 aromatic heterocycles. The summed E-state index contributed by atoms with van der Waals surface area (Å²) < 4.78 is 29.9. The van der Waals surface area contributed by atoms with Crippen LogP contribution in [0.15, 0.2) is 127 Å². The van der Waals surface area contributed by atoms with Crippen molar-refractivity contribution >= 4 is 98.5 Å². The van der Waals surface area contributed by atoms with E-state index in [0.29, 0.717) is 46.6 Å². The third-order valence-corrected chi connectivity index (χ3v) is 21.7. The molecule has 682 valence electrons. The van der Waals surface area contributed by atoms with Crippen molar-refractivity contribution in [1.29, 1.82) is 0 Å². The van der Waals surface area contributed by atoms with Crippen molar-refractivity contribution < 1.29 is 86.0 Å². The number of carbonyl (C=O) groups is 13. The molecule has 0 bridgehead atoms. The molecule has 11 amide bonds. The van der Waals surface area contributed by atoms with Crippen molar-refractivity contribution in [3.8, 4) is 22.6 Å². The van der Waals surface area contributed by atoms with Gasteiger partial charge in [0, 0.05) is 50.4 Å². The number of esters is 2. The van der Waals surface area contributed by atoms with Gasteiger partial charge in [0.2, 0.25) is 65.0 Å². The van der Waals surface area contributed by atoms with Gasteiger partial charge in [-0.05, 0) is 199 Å². The molecule has 2 saturated heterocycles. The minimum Gasteiger partial charge on any atom is -0.488 e. The monoisotopic (exact) mass is 1770 g/mol. The number of hydrogen-bond acceptors (Lipinski definition) is 22. The van der Waals surface area contributed by atoms with Crippen molar-refractivity contribution in [3.63, 3.8) is 0 Å². The molecular weight excluding hydrogens is 1640 g/mol. The van der Waals surface area contributed by atoms with Crippen molar-refractivity contribution in [2.45, 2.75) is 284 Å². The molecule has 0 aliphatic carbocycles. The first-order valence-corrected chi connectivity index (χ1v) is 44.8. The van der Waals surface area contributed by atoms with Gasteiger partial charge in [-0.25, -0.2) is 0 Å². The quantitative estimate of drug-likeness (QED) is 0.0178. The van der Waals surface area contributed by atoms with Crippen molar-refractivity contribution in [2.75, 3.05) is 24.6 Å². The van der Waals surface area contributed by atoms with E-state index in [2.05, 4.69) is 53.2 Å². The summed E-state index contributed by atoms with van der Waals surface area (Å²) in [5.74, 6) is -11.9. The zero-order chi connectivity index (χ0) is 92.5. The number of nitrogens with two attached hydrogens (primary N) is 2. The van der Waals surface area contributed by atoms with Gasteiger partial charge in [0.05, 0.1) is 37.1 Å². The van der Waals surface area contributed by atoms with E-state index < -0.39 is 202 Å². The minimum atomic E-state index is -1.90. The van der Waals surface area contributed by atoms with E-state index in [-0.39, 0.29) is 51.2 Å². The SMILES string of the molecule is CC(C)C[C@H](N)C(=O)N1CCC[C@H]1C(=O)N[C@H]1CSSC[C@@H](C(=O)N[C@@H](Cc2ccc(-c3ccccc3)cc2)C(=O)N[C@@H](CC(=O)OC(C)(C)C)C(=O)NCc2cccc(CN)c2)NC(=O)[C@H](C(C)OC(C)(C)C)NC(=O)CNC(=O)[C@H](Cc2ccc(OC(C)(C)C)cc2)NC(=O)[C@H](Cc2ccc(OC(C)(C)C)cc2)NC(=O)[C@H](CC(=O)OC(C)(C)C)NC1=O. The summed E-state index contributed by atoms with van der Waals surface area (Å²) >= 11 is 0. The maximum atomic E-state index is 15.8. The van der Waals surface area contributed by atoms with Crippen molar-refractivity contribution in [1.82, 2.24) is 58.1 Å². The lowest BCUT2D eigenvalue weighted by Gasteiger charge is -2.32. The summed E-state index contributed by atoms with van der Waals surface area (Å²) in [5.41, 5.74) is 12.6. The van der Waals surface area contributed by atoms with Crippen LogP contribution in [0, 0.1) is 5.92 Å². The van der Waals surface area contributed by atoms with E-state index in [0.717, 1.165) is 38.3 Å². The highest BCUT2D eigenvalue weighted by molar-refractivity contribution is 8.76. The van der Waals surface area contributed by atoms with Crippen molar-refractivity contribution in [2.24, 2.45) is 17.4 Å². The van der Waals surface area contributed by atoms with Crippen LogP contribution in [-0.4, -0.2) is 201 Å². The average Bonchev–Trinajstić information content (AvgIpc) is 1.82. The first-order valence-electron chi connectivity index (χ1n) is 42.3. The van der Waals surface area contributed by atoms with Crippen LogP contribution in [0.5, 0.6) is 11.5 Å². The van der Waals surface area contributed by atoms with Gasteiger partial charge in [0.25, 0.3) is 0 Å². The molecule has 0 radical (unpaired) electrons. The zero-order valence-corrected chi connectivity index (χ0v) is 76.9. The molecule has 0 saturated carbocycles. The minimum absolute atomic E-state index is 0.00237. The Balaban J connectivity index is 1.37. The van der Waals surface area contributed by atoms with E-state index in [1.165, 1.54) is 11.8 Å². The van der Waals surface area contributed by atoms with Crippen LogP contribution in [0.25, 0.3) is 11.1 Å². The Labute approximate surface area is 742 Å². The highest BCUT2D eigenvalue weighted by Crippen LogP contribution is 2.29. The molecule has 14 N–H and O–H groups in total. The van der Waals surface area contributed by atoms with E-state index in [9.17, 15) is 24.0 Å². The van der Waals surface area contributed by atoms with Gasteiger partial charge in [-0.15, -0.1) is 0 Å². The summed E-state index contributed by atoms with van der Waals surface area (Å²) in [6, 6.07) is 21.4. The highest BCUT2D eigenvalue weighted by atomic mass is 33.1. The Morgan fingerprint density at radius 1 is 0.528 bits per heavy atom. The fourth-order valence-corrected chi connectivity index (χ4v) is 16.1. The third-order valence-electron chi connectivity index (χ3n) is 19.2. The molecule has 5 aromatic carbocycles. The first kappa shape index (κ1) is 101. The van der Waals surface area contributed by atoms with Gasteiger partial charge in [-0.2, -0.15) is 0 Å². The summed E-state index contributed by atoms with van der Waals surface area (Å²) in [6.07, 6.45) is -2.73. The van der Waals surface area contributed by atoms with Gasteiger partial charge >= 0.3 is 11.9 Å². The number of benzene rings is 5. The van der Waals surface area contributed by atoms with Gasteiger partial charge in [0.1, 0.15) is 88.3 Å². The molecule has 125 heavy (non-hydrogen) atoms. The predicted octanol–water partition coefficient (Wildman–Crippen LogP) is 6.93. The van der Waals surface area contributed by atoms with Gasteiger partial charge < -0.3 is 93.2 Å². The molecule has 33 heteroatoms. The van der Waals surface area contributed by atoms with Gasteiger partial charge in [-0.3, -0.25) is 62.3 Å². The van der Waals surface area contributed by atoms with E-state index in [4.69, 9.17) is 35.2 Å². The van der Waals surface area contributed by atoms with Crippen LogP contribution in [0.2, 0.25) is 0 Å². The van der Waals surface area contributed by atoms with Crippen LogP contribution < -0.4 is 74.1 Å². The molecule has 0 spiro atoms. The Hall–Kier alpha value is -10.6. The highest BCUT2D eigenvalue weighted by Gasteiger charge is 2.42. The second-order valence-corrected chi connectivity index (χ2v) is 39.4. The normalized spacial score (nSPS) is 19.9.